The SMILES string of the molecule is COCC(=O)CC(C)CC(C)(C)C. The number of carbonyl (C=O) groups excluding carboxylic acids is 1. The lowest BCUT2D eigenvalue weighted by Crippen LogP contribution is -2.16. The fraction of sp³-hybridized carbons (Fsp3) is 0.909. The Morgan fingerprint density at radius 1 is 1.38 bits per heavy atom. The molecule has 0 N–H and O–H groups in total. The molecule has 0 heterocycles. The zero-order valence-electron chi connectivity index (χ0n) is 9.52. The van der Waals surface area contributed by atoms with Gasteiger partial charge in [0.15, 0.2) is 5.78 Å². The van der Waals surface area contributed by atoms with Crippen molar-refractivity contribution in [2.45, 2.75) is 40.5 Å². The first-order valence-electron chi connectivity index (χ1n) is 4.86. The van der Waals surface area contributed by atoms with E-state index in [1.54, 1.807) is 7.11 Å². The summed E-state index contributed by atoms with van der Waals surface area (Å²) < 4.78 is 4.79. The third-order valence-corrected chi connectivity index (χ3v) is 1.84. The molecule has 0 aliphatic heterocycles. The Labute approximate surface area is 81.7 Å². The minimum absolute atomic E-state index is 0.208. The number of Topliss-reactive ketones (excluding diaryl/α,β-unsaturated/α-hetero) is 1. The van der Waals surface area contributed by atoms with Crippen molar-refractivity contribution < 1.29 is 9.53 Å². The largest absolute Gasteiger partial charge is 0.377 e. The molecule has 2 nitrogen and oxygen atoms in total. The Bertz CT molecular complexity index is 156. The number of hydrogen-bond donors (Lipinski definition) is 0. The summed E-state index contributed by atoms with van der Waals surface area (Å²) in [7, 11) is 1.56. The van der Waals surface area contributed by atoms with E-state index >= 15 is 0 Å². The Hall–Kier alpha value is -0.370. The molecule has 0 aromatic heterocycles. The van der Waals surface area contributed by atoms with Crippen LogP contribution in [0.25, 0.3) is 0 Å². The number of methoxy groups -OCH3 is 1. The first-order chi connectivity index (χ1) is 5.85. The van der Waals surface area contributed by atoms with E-state index in [0.29, 0.717) is 17.8 Å². The maximum absolute atomic E-state index is 11.2. The van der Waals surface area contributed by atoms with E-state index in [0.717, 1.165) is 6.42 Å². The highest BCUT2D eigenvalue weighted by molar-refractivity contribution is 5.79. The summed E-state index contributed by atoms with van der Waals surface area (Å²) in [6, 6.07) is 0. The smallest absolute Gasteiger partial charge is 0.158 e. The molecule has 0 saturated carbocycles. The zero-order valence-corrected chi connectivity index (χ0v) is 9.52. The fourth-order valence-electron chi connectivity index (χ4n) is 1.73. The van der Waals surface area contributed by atoms with Gasteiger partial charge in [-0.3, -0.25) is 4.79 Å². The maximum Gasteiger partial charge on any atom is 0.158 e. The Kier molecular flexibility index (Phi) is 5.23. The van der Waals surface area contributed by atoms with Crippen LogP contribution >= 0.6 is 0 Å². The summed E-state index contributed by atoms with van der Waals surface area (Å²) >= 11 is 0. The van der Waals surface area contributed by atoms with Crippen LogP contribution in [0.5, 0.6) is 0 Å². The predicted octanol–water partition coefficient (Wildman–Crippen LogP) is 2.66. The average molecular weight is 186 g/mol. The van der Waals surface area contributed by atoms with E-state index in [2.05, 4.69) is 27.7 Å². The highest BCUT2D eigenvalue weighted by Gasteiger charge is 2.17. The van der Waals surface area contributed by atoms with Crippen LogP contribution in [-0.4, -0.2) is 19.5 Å². The second-order valence-corrected chi connectivity index (χ2v) is 5.05. The molecule has 0 fully saturated rings. The van der Waals surface area contributed by atoms with Gasteiger partial charge in [0.05, 0.1) is 0 Å². The van der Waals surface area contributed by atoms with E-state index in [-0.39, 0.29) is 12.4 Å². The van der Waals surface area contributed by atoms with Crippen LogP contribution in [0.3, 0.4) is 0 Å². The summed E-state index contributed by atoms with van der Waals surface area (Å²) in [4.78, 5) is 11.2. The number of rotatable bonds is 5. The van der Waals surface area contributed by atoms with Gasteiger partial charge in [0.25, 0.3) is 0 Å². The van der Waals surface area contributed by atoms with E-state index in [1.807, 2.05) is 0 Å². The molecule has 0 aliphatic rings. The van der Waals surface area contributed by atoms with Gasteiger partial charge in [0.1, 0.15) is 6.61 Å². The normalized spacial score (nSPS) is 14.2. The van der Waals surface area contributed by atoms with Crippen molar-refractivity contribution in [3.05, 3.63) is 0 Å². The van der Waals surface area contributed by atoms with Gasteiger partial charge in [-0.15, -0.1) is 0 Å². The standard InChI is InChI=1S/C11H22O2/c1-9(7-11(2,3)4)6-10(12)8-13-5/h9H,6-8H2,1-5H3. The van der Waals surface area contributed by atoms with Crippen molar-refractivity contribution in [2.24, 2.45) is 11.3 Å². The lowest BCUT2D eigenvalue weighted by molar-refractivity contribution is -0.123. The predicted molar refractivity (Wildman–Crippen MR) is 54.7 cm³/mol. The van der Waals surface area contributed by atoms with Crippen LogP contribution in [0.2, 0.25) is 0 Å². The molecule has 0 saturated heterocycles. The summed E-state index contributed by atoms with van der Waals surface area (Å²) in [6.45, 7) is 8.98. The van der Waals surface area contributed by atoms with E-state index in [1.165, 1.54) is 0 Å². The van der Waals surface area contributed by atoms with Crippen LogP contribution < -0.4 is 0 Å². The second kappa shape index (κ2) is 5.38. The quantitative estimate of drug-likeness (QED) is 0.660. The van der Waals surface area contributed by atoms with Crippen LogP contribution in [0.1, 0.15) is 40.5 Å². The fourth-order valence-corrected chi connectivity index (χ4v) is 1.73. The van der Waals surface area contributed by atoms with Crippen molar-refractivity contribution in [3.8, 4) is 0 Å². The van der Waals surface area contributed by atoms with Crippen molar-refractivity contribution in [1.82, 2.24) is 0 Å². The lowest BCUT2D eigenvalue weighted by atomic mass is 9.83. The van der Waals surface area contributed by atoms with Gasteiger partial charge in [0, 0.05) is 13.5 Å². The lowest BCUT2D eigenvalue weighted by Gasteiger charge is -2.22. The molecule has 0 bridgehead atoms. The van der Waals surface area contributed by atoms with Crippen molar-refractivity contribution in [3.63, 3.8) is 0 Å². The Balaban J connectivity index is 3.74. The zero-order chi connectivity index (χ0) is 10.5. The summed E-state index contributed by atoms with van der Waals surface area (Å²) in [5.41, 5.74) is 0.312. The summed E-state index contributed by atoms with van der Waals surface area (Å²) in [5.74, 6) is 0.668. The molecule has 1 atom stereocenters. The van der Waals surface area contributed by atoms with Crippen LogP contribution in [0.4, 0.5) is 0 Å². The van der Waals surface area contributed by atoms with Crippen molar-refractivity contribution in [1.29, 1.82) is 0 Å². The molecule has 0 aromatic carbocycles. The van der Waals surface area contributed by atoms with E-state index in [9.17, 15) is 4.79 Å². The van der Waals surface area contributed by atoms with Crippen LogP contribution in [0, 0.1) is 11.3 Å². The number of ketones is 1. The summed E-state index contributed by atoms with van der Waals surface area (Å²) in [5, 5.41) is 0. The molecule has 0 radical (unpaired) electrons. The Morgan fingerprint density at radius 3 is 2.31 bits per heavy atom. The molecule has 0 spiro atoms. The third-order valence-electron chi connectivity index (χ3n) is 1.84. The monoisotopic (exact) mass is 186 g/mol. The molecule has 2 heteroatoms. The molecule has 1 unspecified atom stereocenters. The number of carbonyl (C=O) groups is 1. The van der Waals surface area contributed by atoms with Gasteiger partial charge < -0.3 is 4.74 Å². The molecule has 0 amide bonds. The Morgan fingerprint density at radius 2 is 1.92 bits per heavy atom. The van der Waals surface area contributed by atoms with E-state index < -0.39 is 0 Å². The topological polar surface area (TPSA) is 26.3 Å². The minimum atomic E-state index is 0.208. The third kappa shape index (κ3) is 7.97. The first-order valence-corrected chi connectivity index (χ1v) is 4.86. The maximum atomic E-state index is 11.2. The molecule has 13 heavy (non-hydrogen) atoms. The summed E-state index contributed by atoms with van der Waals surface area (Å²) in [6.07, 6.45) is 1.73. The van der Waals surface area contributed by atoms with E-state index in [4.69, 9.17) is 4.74 Å². The molecular formula is C11H22O2. The number of ether oxygens (including phenoxy) is 1. The minimum Gasteiger partial charge on any atom is -0.377 e. The average Bonchev–Trinajstić information content (AvgIpc) is 1.81. The van der Waals surface area contributed by atoms with Crippen LogP contribution in [-0.2, 0) is 9.53 Å². The molecular weight excluding hydrogens is 164 g/mol. The van der Waals surface area contributed by atoms with Crippen molar-refractivity contribution in [2.75, 3.05) is 13.7 Å². The van der Waals surface area contributed by atoms with Gasteiger partial charge in [0.2, 0.25) is 0 Å². The highest BCUT2D eigenvalue weighted by Crippen LogP contribution is 2.25. The second-order valence-electron chi connectivity index (χ2n) is 5.05. The van der Waals surface area contributed by atoms with Gasteiger partial charge in [-0.25, -0.2) is 0 Å². The van der Waals surface area contributed by atoms with Gasteiger partial charge >= 0.3 is 0 Å². The molecule has 78 valence electrons. The highest BCUT2D eigenvalue weighted by atomic mass is 16.5. The first kappa shape index (κ1) is 12.6. The van der Waals surface area contributed by atoms with Gasteiger partial charge in [-0.05, 0) is 17.8 Å². The van der Waals surface area contributed by atoms with Gasteiger partial charge in [-0.1, -0.05) is 27.7 Å². The van der Waals surface area contributed by atoms with Crippen LogP contribution in [0.15, 0.2) is 0 Å². The van der Waals surface area contributed by atoms with Crippen molar-refractivity contribution >= 4 is 5.78 Å². The number of hydrogen-bond acceptors (Lipinski definition) is 2. The van der Waals surface area contributed by atoms with Gasteiger partial charge in [-0.2, -0.15) is 0 Å². The molecule has 0 aromatic rings. The molecule has 0 rings (SSSR count). The molecule has 0 aliphatic carbocycles.